The van der Waals surface area contributed by atoms with E-state index in [0.29, 0.717) is 0 Å². The Morgan fingerprint density at radius 3 is 2.84 bits per heavy atom. The molecule has 0 saturated carbocycles. The largest absolute Gasteiger partial charge is 0.497 e. The molecule has 1 heterocycles. The van der Waals surface area contributed by atoms with E-state index in [0.717, 1.165) is 38.1 Å². The average molecular weight is 261 g/mol. The van der Waals surface area contributed by atoms with Crippen molar-refractivity contribution in [2.24, 2.45) is 0 Å². The van der Waals surface area contributed by atoms with Gasteiger partial charge >= 0.3 is 0 Å². The van der Waals surface area contributed by atoms with Crippen molar-refractivity contribution in [3.63, 3.8) is 0 Å². The molecular weight excluding hydrogens is 238 g/mol. The molecule has 1 aromatic carbocycles. The zero-order valence-electron chi connectivity index (χ0n) is 12.1. The molecule has 0 bridgehead atoms. The Kier molecular flexibility index (Phi) is 4.13. The van der Waals surface area contributed by atoms with Gasteiger partial charge in [0.25, 0.3) is 0 Å². The molecular formula is C16H23NO2. The molecule has 1 fully saturated rings. The van der Waals surface area contributed by atoms with Gasteiger partial charge in [0.2, 0.25) is 5.91 Å². The molecule has 104 valence electrons. The maximum Gasteiger partial charge on any atom is 0.219 e. The predicted molar refractivity (Wildman–Crippen MR) is 76.5 cm³/mol. The molecule has 19 heavy (non-hydrogen) atoms. The second-order valence-electron chi connectivity index (χ2n) is 5.45. The van der Waals surface area contributed by atoms with Crippen molar-refractivity contribution < 1.29 is 9.53 Å². The number of likely N-dealkylation sites (tertiary alicyclic amines) is 1. The van der Waals surface area contributed by atoms with E-state index in [-0.39, 0.29) is 11.3 Å². The highest BCUT2D eigenvalue weighted by molar-refractivity contribution is 5.73. The zero-order valence-corrected chi connectivity index (χ0v) is 12.1. The Hall–Kier alpha value is -1.51. The zero-order chi connectivity index (χ0) is 13.9. The quantitative estimate of drug-likeness (QED) is 0.834. The Labute approximate surface area is 115 Å². The van der Waals surface area contributed by atoms with Crippen molar-refractivity contribution in [2.45, 2.75) is 38.5 Å². The van der Waals surface area contributed by atoms with Crippen molar-refractivity contribution in [1.29, 1.82) is 0 Å². The highest BCUT2D eigenvalue weighted by Crippen LogP contribution is 2.39. The van der Waals surface area contributed by atoms with Crippen LogP contribution in [-0.2, 0) is 10.2 Å². The number of hydrogen-bond donors (Lipinski definition) is 0. The molecule has 0 aliphatic carbocycles. The van der Waals surface area contributed by atoms with E-state index in [1.54, 1.807) is 14.0 Å². The first-order valence-electron chi connectivity index (χ1n) is 7.01. The molecule has 1 aliphatic heterocycles. The second-order valence-corrected chi connectivity index (χ2v) is 5.45. The molecule has 0 spiro atoms. The molecule has 3 nitrogen and oxygen atoms in total. The molecule has 1 saturated heterocycles. The van der Waals surface area contributed by atoms with Crippen LogP contribution >= 0.6 is 0 Å². The number of carbonyl (C=O) groups excluding carboxylic acids is 1. The summed E-state index contributed by atoms with van der Waals surface area (Å²) in [4.78, 5) is 13.6. The van der Waals surface area contributed by atoms with E-state index in [1.165, 1.54) is 5.56 Å². The van der Waals surface area contributed by atoms with E-state index in [1.807, 2.05) is 17.0 Å². The van der Waals surface area contributed by atoms with Crippen LogP contribution in [0.4, 0.5) is 0 Å². The molecule has 3 heteroatoms. The number of nitrogens with zero attached hydrogens (tertiary/aromatic N) is 1. The molecule has 1 unspecified atom stereocenters. The lowest BCUT2D eigenvalue weighted by Gasteiger charge is -2.30. The number of amides is 1. The molecule has 1 aliphatic rings. The third-order valence-electron chi connectivity index (χ3n) is 4.21. The van der Waals surface area contributed by atoms with Crippen LogP contribution in [0.25, 0.3) is 0 Å². The second kappa shape index (κ2) is 5.64. The minimum Gasteiger partial charge on any atom is -0.497 e. The maximum absolute atomic E-state index is 11.6. The molecule has 1 atom stereocenters. The van der Waals surface area contributed by atoms with Crippen LogP contribution in [0.15, 0.2) is 24.3 Å². The Morgan fingerprint density at radius 1 is 1.47 bits per heavy atom. The number of methoxy groups -OCH3 is 1. The summed E-state index contributed by atoms with van der Waals surface area (Å²) in [5.74, 6) is 1.08. The summed E-state index contributed by atoms with van der Waals surface area (Å²) >= 11 is 0. The van der Waals surface area contributed by atoms with E-state index >= 15 is 0 Å². The maximum atomic E-state index is 11.6. The lowest BCUT2D eigenvalue weighted by Crippen LogP contribution is -2.33. The summed E-state index contributed by atoms with van der Waals surface area (Å²) in [6, 6.07) is 8.31. The van der Waals surface area contributed by atoms with Crippen LogP contribution in [0.3, 0.4) is 0 Å². The number of ether oxygens (including phenoxy) is 1. The van der Waals surface area contributed by atoms with Gasteiger partial charge < -0.3 is 9.64 Å². The highest BCUT2D eigenvalue weighted by atomic mass is 16.5. The summed E-state index contributed by atoms with van der Waals surface area (Å²) in [6.07, 6.45) is 3.29. The topological polar surface area (TPSA) is 29.5 Å². The highest BCUT2D eigenvalue weighted by Gasteiger charge is 2.39. The average Bonchev–Trinajstić information content (AvgIpc) is 2.85. The molecule has 1 amide bonds. The van der Waals surface area contributed by atoms with Crippen molar-refractivity contribution >= 4 is 5.91 Å². The number of carbonyl (C=O) groups is 1. The van der Waals surface area contributed by atoms with E-state index < -0.39 is 0 Å². The minimum absolute atomic E-state index is 0.106. The van der Waals surface area contributed by atoms with Gasteiger partial charge in [-0.05, 0) is 30.5 Å². The SMILES string of the molecule is CCCC1(c2cccc(OC)c2)CCN(C(C)=O)C1. The van der Waals surface area contributed by atoms with Crippen molar-refractivity contribution in [3.05, 3.63) is 29.8 Å². The fourth-order valence-electron chi connectivity index (χ4n) is 3.16. The first-order chi connectivity index (χ1) is 9.11. The molecule has 0 radical (unpaired) electrons. The van der Waals surface area contributed by atoms with Gasteiger partial charge in [0, 0.05) is 25.4 Å². The molecule has 0 N–H and O–H groups in total. The van der Waals surface area contributed by atoms with Crippen molar-refractivity contribution in [2.75, 3.05) is 20.2 Å². The van der Waals surface area contributed by atoms with Gasteiger partial charge in [-0.15, -0.1) is 0 Å². The summed E-state index contributed by atoms with van der Waals surface area (Å²) in [5.41, 5.74) is 1.41. The van der Waals surface area contributed by atoms with E-state index in [4.69, 9.17) is 4.74 Å². The van der Waals surface area contributed by atoms with Gasteiger partial charge in [-0.1, -0.05) is 25.5 Å². The monoisotopic (exact) mass is 261 g/mol. The standard InChI is InChI=1S/C16H23NO2/c1-4-8-16(9-10-17(12-16)13(2)18)14-6-5-7-15(11-14)19-3/h5-7,11H,4,8-10,12H2,1-3H3. The minimum atomic E-state index is 0.106. The summed E-state index contributed by atoms with van der Waals surface area (Å²) in [5, 5.41) is 0. The first-order valence-corrected chi connectivity index (χ1v) is 7.01. The number of hydrogen-bond acceptors (Lipinski definition) is 2. The third-order valence-corrected chi connectivity index (χ3v) is 4.21. The third kappa shape index (κ3) is 2.75. The Morgan fingerprint density at radius 2 is 2.26 bits per heavy atom. The van der Waals surface area contributed by atoms with Crippen LogP contribution < -0.4 is 4.74 Å². The van der Waals surface area contributed by atoms with Gasteiger partial charge in [-0.2, -0.15) is 0 Å². The van der Waals surface area contributed by atoms with E-state index in [2.05, 4.69) is 19.1 Å². The first kappa shape index (κ1) is 13.9. The number of benzene rings is 1. The van der Waals surface area contributed by atoms with Crippen LogP contribution in [-0.4, -0.2) is 31.0 Å². The smallest absolute Gasteiger partial charge is 0.219 e. The summed E-state index contributed by atoms with van der Waals surface area (Å²) in [6.45, 7) is 5.57. The van der Waals surface area contributed by atoms with Crippen molar-refractivity contribution in [3.8, 4) is 5.75 Å². The van der Waals surface area contributed by atoms with E-state index in [9.17, 15) is 4.79 Å². The summed E-state index contributed by atoms with van der Waals surface area (Å²) in [7, 11) is 1.70. The molecule has 0 aromatic heterocycles. The predicted octanol–water partition coefficient (Wildman–Crippen LogP) is 2.99. The summed E-state index contributed by atoms with van der Waals surface area (Å²) < 4.78 is 5.33. The van der Waals surface area contributed by atoms with Gasteiger partial charge in [0.05, 0.1) is 7.11 Å². The van der Waals surface area contributed by atoms with Crippen molar-refractivity contribution in [1.82, 2.24) is 4.90 Å². The van der Waals surface area contributed by atoms with Crippen LogP contribution in [0.2, 0.25) is 0 Å². The molecule has 2 rings (SSSR count). The van der Waals surface area contributed by atoms with Crippen LogP contribution in [0.5, 0.6) is 5.75 Å². The fourth-order valence-corrected chi connectivity index (χ4v) is 3.16. The van der Waals surface area contributed by atoms with Gasteiger partial charge in [0.15, 0.2) is 0 Å². The Bertz CT molecular complexity index is 458. The normalized spacial score (nSPS) is 22.6. The fraction of sp³-hybridized carbons (Fsp3) is 0.562. The van der Waals surface area contributed by atoms with Gasteiger partial charge in [0.1, 0.15) is 5.75 Å². The lowest BCUT2D eigenvalue weighted by atomic mass is 9.76. The van der Waals surface area contributed by atoms with Gasteiger partial charge in [-0.25, -0.2) is 0 Å². The van der Waals surface area contributed by atoms with Crippen LogP contribution in [0, 0.1) is 0 Å². The van der Waals surface area contributed by atoms with Gasteiger partial charge in [-0.3, -0.25) is 4.79 Å². The van der Waals surface area contributed by atoms with Crippen LogP contribution in [0.1, 0.15) is 38.7 Å². The Balaban J connectivity index is 2.31. The number of rotatable bonds is 4. The molecule has 1 aromatic rings. The lowest BCUT2D eigenvalue weighted by molar-refractivity contribution is -0.128.